The smallest absolute Gasteiger partial charge is 0.306 e. The molecular weight excluding hydrogens is 414 g/mol. The van der Waals surface area contributed by atoms with Gasteiger partial charge in [0.25, 0.3) is 0 Å². The largest absolute Gasteiger partial charge is 0.493 e. The second-order valence-corrected chi connectivity index (χ2v) is 10.1. The zero-order valence-corrected chi connectivity index (χ0v) is 19.4. The van der Waals surface area contributed by atoms with Crippen LogP contribution >= 0.6 is 0 Å². The summed E-state index contributed by atoms with van der Waals surface area (Å²) < 4.78 is 33.6. The normalized spacial score (nSPS) is 11.9. The van der Waals surface area contributed by atoms with Gasteiger partial charge in [0.2, 0.25) is 10.0 Å². The SMILES string of the molecule is CC(C)(C)OC(=O)CCCCCc1ccc(OCCc2ccc(S(N)(=O)=O)cc2)cc1. The minimum Gasteiger partial charge on any atom is -0.493 e. The van der Waals surface area contributed by atoms with Crippen molar-refractivity contribution in [2.24, 2.45) is 5.14 Å². The maximum atomic E-state index is 11.7. The van der Waals surface area contributed by atoms with Gasteiger partial charge in [-0.25, -0.2) is 13.6 Å². The third-order valence-corrected chi connectivity index (χ3v) is 5.53. The number of aryl methyl sites for hydroxylation is 1. The highest BCUT2D eigenvalue weighted by Crippen LogP contribution is 2.16. The number of hydrogen-bond acceptors (Lipinski definition) is 5. The number of hydrogen-bond donors (Lipinski definition) is 1. The third-order valence-electron chi connectivity index (χ3n) is 4.60. The van der Waals surface area contributed by atoms with Crippen LogP contribution in [0.2, 0.25) is 0 Å². The maximum absolute atomic E-state index is 11.7. The van der Waals surface area contributed by atoms with E-state index in [1.54, 1.807) is 12.1 Å². The van der Waals surface area contributed by atoms with Crippen molar-refractivity contribution in [3.05, 3.63) is 59.7 Å². The fourth-order valence-electron chi connectivity index (χ4n) is 3.05. The van der Waals surface area contributed by atoms with E-state index in [-0.39, 0.29) is 10.9 Å². The molecule has 0 radical (unpaired) electrons. The molecule has 0 bridgehead atoms. The lowest BCUT2D eigenvalue weighted by Gasteiger charge is -2.19. The molecule has 2 aromatic carbocycles. The fourth-order valence-corrected chi connectivity index (χ4v) is 3.57. The number of carbonyl (C=O) groups excluding carboxylic acids is 1. The molecule has 0 aliphatic carbocycles. The molecule has 31 heavy (non-hydrogen) atoms. The van der Waals surface area contributed by atoms with E-state index in [0.29, 0.717) is 19.4 Å². The van der Waals surface area contributed by atoms with E-state index >= 15 is 0 Å². The zero-order valence-electron chi connectivity index (χ0n) is 18.6. The number of ether oxygens (including phenoxy) is 2. The fraction of sp³-hybridized carbons (Fsp3) is 0.458. The number of carbonyl (C=O) groups is 1. The van der Waals surface area contributed by atoms with Crippen molar-refractivity contribution in [1.29, 1.82) is 0 Å². The Balaban J connectivity index is 1.65. The van der Waals surface area contributed by atoms with Gasteiger partial charge in [-0.1, -0.05) is 30.7 Å². The Labute approximate surface area is 185 Å². The van der Waals surface area contributed by atoms with Gasteiger partial charge in [0.05, 0.1) is 11.5 Å². The summed E-state index contributed by atoms with van der Waals surface area (Å²) in [5.74, 6) is 0.671. The number of sulfonamides is 1. The Hall–Kier alpha value is -2.38. The summed E-state index contributed by atoms with van der Waals surface area (Å²) in [4.78, 5) is 11.8. The molecular formula is C24H33NO5S. The predicted octanol–water partition coefficient (Wildman–Crippen LogP) is 4.40. The van der Waals surface area contributed by atoms with Gasteiger partial charge in [-0.2, -0.15) is 0 Å². The van der Waals surface area contributed by atoms with Crippen molar-refractivity contribution >= 4 is 16.0 Å². The molecule has 0 spiro atoms. The lowest BCUT2D eigenvalue weighted by atomic mass is 10.1. The van der Waals surface area contributed by atoms with Gasteiger partial charge in [0.15, 0.2) is 0 Å². The molecule has 0 amide bonds. The summed E-state index contributed by atoms with van der Waals surface area (Å²) in [6, 6.07) is 14.5. The van der Waals surface area contributed by atoms with Crippen LogP contribution < -0.4 is 9.88 Å². The minimum atomic E-state index is -3.66. The number of rotatable bonds is 11. The monoisotopic (exact) mass is 447 g/mol. The molecule has 0 atom stereocenters. The summed E-state index contributed by atoms with van der Waals surface area (Å²) in [6.45, 7) is 6.14. The summed E-state index contributed by atoms with van der Waals surface area (Å²) in [6.07, 6.45) is 4.96. The van der Waals surface area contributed by atoms with Gasteiger partial charge in [0, 0.05) is 12.8 Å². The van der Waals surface area contributed by atoms with Crippen LogP contribution in [-0.4, -0.2) is 26.6 Å². The Bertz CT molecular complexity index is 929. The highest BCUT2D eigenvalue weighted by Gasteiger charge is 2.15. The average molecular weight is 448 g/mol. The highest BCUT2D eigenvalue weighted by molar-refractivity contribution is 7.89. The van der Waals surface area contributed by atoms with E-state index in [1.165, 1.54) is 17.7 Å². The predicted molar refractivity (Wildman–Crippen MR) is 121 cm³/mol. The van der Waals surface area contributed by atoms with E-state index in [4.69, 9.17) is 14.6 Å². The van der Waals surface area contributed by atoms with Crippen LogP contribution in [0.25, 0.3) is 0 Å². The van der Waals surface area contributed by atoms with Crippen LogP contribution in [0.5, 0.6) is 5.75 Å². The lowest BCUT2D eigenvalue weighted by Crippen LogP contribution is -2.23. The van der Waals surface area contributed by atoms with Crippen molar-refractivity contribution < 1.29 is 22.7 Å². The van der Waals surface area contributed by atoms with Crippen LogP contribution in [0.3, 0.4) is 0 Å². The number of primary sulfonamides is 1. The maximum Gasteiger partial charge on any atom is 0.306 e. The summed E-state index contributed by atoms with van der Waals surface area (Å²) in [7, 11) is -3.66. The zero-order chi connectivity index (χ0) is 22.9. The van der Waals surface area contributed by atoms with Crippen molar-refractivity contribution in [1.82, 2.24) is 0 Å². The highest BCUT2D eigenvalue weighted by atomic mass is 32.2. The lowest BCUT2D eigenvalue weighted by molar-refractivity contribution is -0.154. The van der Waals surface area contributed by atoms with E-state index < -0.39 is 15.6 Å². The van der Waals surface area contributed by atoms with E-state index in [1.807, 2.05) is 32.9 Å². The van der Waals surface area contributed by atoms with Crippen LogP contribution in [0.4, 0.5) is 0 Å². The molecule has 0 aliphatic rings. The number of esters is 1. The molecule has 0 unspecified atom stereocenters. The molecule has 2 N–H and O–H groups in total. The van der Waals surface area contributed by atoms with Crippen LogP contribution in [-0.2, 0) is 32.4 Å². The van der Waals surface area contributed by atoms with E-state index in [0.717, 1.165) is 37.0 Å². The molecule has 2 aromatic rings. The molecule has 0 aliphatic heterocycles. The van der Waals surface area contributed by atoms with Crippen LogP contribution in [0.15, 0.2) is 53.4 Å². The van der Waals surface area contributed by atoms with Gasteiger partial charge in [0.1, 0.15) is 11.4 Å². The van der Waals surface area contributed by atoms with Crippen LogP contribution in [0, 0.1) is 0 Å². The van der Waals surface area contributed by atoms with Gasteiger partial charge in [-0.3, -0.25) is 4.79 Å². The van der Waals surface area contributed by atoms with Gasteiger partial charge in [-0.05, 0) is 75.4 Å². The van der Waals surface area contributed by atoms with Crippen LogP contribution in [0.1, 0.15) is 57.6 Å². The second kappa shape index (κ2) is 11.3. The van der Waals surface area contributed by atoms with Crippen molar-refractivity contribution in [2.75, 3.05) is 6.61 Å². The number of nitrogens with two attached hydrogens (primary N) is 1. The Morgan fingerprint density at radius 2 is 1.45 bits per heavy atom. The van der Waals surface area contributed by atoms with Gasteiger partial charge in [-0.15, -0.1) is 0 Å². The first kappa shape index (κ1) is 24.9. The van der Waals surface area contributed by atoms with E-state index in [9.17, 15) is 13.2 Å². The summed E-state index contributed by atoms with van der Waals surface area (Å²) >= 11 is 0. The Morgan fingerprint density at radius 3 is 2.03 bits per heavy atom. The first-order valence-corrected chi connectivity index (χ1v) is 12.1. The molecule has 2 rings (SSSR count). The number of unbranched alkanes of at least 4 members (excludes halogenated alkanes) is 2. The molecule has 0 saturated carbocycles. The second-order valence-electron chi connectivity index (χ2n) is 8.58. The number of benzene rings is 2. The van der Waals surface area contributed by atoms with Crippen molar-refractivity contribution in [3.8, 4) is 5.75 Å². The molecule has 7 heteroatoms. The molecule has 0 aromatic heterocycles. The molecule has 0 saturated heterocycles. The third kappa shape index (κ3) is 9.98. The summed E-state index contributed by atoms with van der Waals surface area (Å²) in [5.41, 5.74) is 1.80. The molecule has 170 valence electrons. The molecule has 0 heterocycles. The molecule has 0 fully saturated rings. The van der Waals surface area contributed by atoms with Crippen molar-refractivity contribution in [2.45, 2.75) is 69.8 Å². The first-order chi connectivity index (χ1) is 14.5. The topological polar surface area (TPSA) is 95.7 Å². The molecule has 6 nitrogen and oxygen atoms in total. The Kier molecular flexibility index (Phi) is 9.07. The Morgan fingerprint density at radius 1 is 0.871 bits per heavy atom. The minimum absolute atomic E-state index is 0.109. The quantitative estimate of drug-likeness (QED) is 0.407. The van der Waals surface area contributed by atoms with Gasteiger partial charge < -0.3 is 9.47 Å². The van der Waals surface area contributed by atoms with E-state index in [2.05, 4.69) is 12.1 Å². The summed E-state index contributed by atoms with van der Waals surface area (Å²) in [5, 5.41) is 5.10. The average Bonchev–Trinajstić information content (AvgIpc) is 2.67. The van der Waals surface area contributed by atoms with Gasteiger partial charge >= 0.3 is 5.97 Å². The first-order valence-electron chi connectivity index (χ1n) is 10.6. The standard InChI is InChI=1S/C24H33NO5S/c1-24(2,3)30-23(26)8-6-4-5-7-19-9-13-21(14-10-19)29-18-17-20-11-15-22(16-12-20)31(25,27)28/h9-16H,4-8,17-18H2,1-3H3,(H2,25,27,28). The van der Waals surface area contributed by atoms with Crippen molar-refractivity contribution in [3.63, 3.8) is 0 Å².